The SMILES string of the molecule is [CH2-][NH+]1CCC(n2c(O)c[nH]c2=O)CC1. The van der Waals surface area contributed by atoms with E-state index in [9.17, 15) is 9.90 Å². The lowest BCUT2D eigenvalue weighted by Gasteiger charge is -2.31. The van der Waals surface area contributed by atoms with E-state index in [1.165, 1.54) is 15.7 Å². The number of aromatic nitrogens is 2. The number of aromatic hydroxyl groups is 1. The molecule has 0 radical (unpaired) electrons. The van der Waals surface area contributed by atoms with Crippen molar-refractivity contribution in [2.75, 3.05) is 13.1 Å². The van der Waals surface area contributed by atoms with Crippen LogP contribution in [0.3, 0.4) is 0 Å². The average molecular weight is 197 g/mol. The first kappa shape index (κ1) is 9.33. The summed E-state index contributed by atoms with van der Waals surface area (Å²) in [6.45, 7) is 1.89. The van der Waals surface area contributed by atoms with Crippen LogP contribution in [-0.4, -0.2) is 27.7 Å². The highest BCUT2D eigenvalue weighted by Crippen LogP contribution is 2.19. The van der Waals surface area contributed by atoms with Gasteiger partial charge in [-0.2, -0.15) is 7.05 Å². The summed E-state index contributed by atoms with van der Waals surface area (Å²) in [5.74, 6) is 0.0347. The third-order valence-electron chi connectivity index (χ3n) is 2.82. The van der Waals surface area contributed by atoms with Gasteiger partial charge in [-0.3, -0.25) is 4.57 Å². The average Bonchev–Trinajstić information content (AvgIpc) is 2.49. The van der Waals surface area contributed by atoms with Crippen molar-refractivity contribution in [2.24, 2.45) is 0 Å². The van der Waals surface area contributed by atoms with E-state index in [-0.39, 0.29) is 17.6 Å². The molecule has 78 valence electrons. The molecule has 0 aromatic carbocycles. The molecule has 0 atom stereocenters. The Hall–Kier alpha value is -1.23. The van der Waals surface area contributed by atoms with Crippen molar-refractivity contribution in [3.63, 3.8) is 0 Å². The molecule has 0 unspecified atom stereocenters. The van der Waals surface area contributed by atoms with Crippen molar-refractivity contribution in [3.8, 4) is 5.88 Å². The number of aromatic amines is 1. The van der Waals surface area contributed by atoms with Gasteiger partial charge in [0.05, 0.1) is 25.3 Å². The molecule has 2 rings (SSSR count). The third-order valence-corrected chi connectivity index (χ3v) is 2.82. The number of likely N-dealkylation sites (tertiary alicyclic amines) is 1. The largest absolute Gasteiger partial charge is 0.493 e. The molecule has 2 heterocycles. The smallest absolute Gasteiger partial charge is 0.328 e. The number of hydrogen-bond acceptors (Lipinski definition) is 2. The first-order valence-electron chi connectivity index (χ1n) is 4.84. The van der Waals surface area contributed by atoms with Gasteiger partial charge >= 0.3 is 5.69 Å². The van der Waals surface area contributed by atoms with E-state index in [2.05, 4.69) is 12.0 Å². The number of nitrogens with zero attached hydrogens (tertiary/aromatic N) is 1. The fraction of sp³-hybridized carbons (Fsp3) is 0.556. The zero-order chi connectivity index (χ0) is 10.1. The van der Waals surface area contributed by atoms with Crippen LogP contribution in [0.2, 0.25) is 0 Å². The van der Waals surface area contributed by atoms with E-state index in [1.807, 2.05) is 0 Å². The third kappa shape index (κ3) is 1.55. The first-order chi connectivity index (χ1) is 6.68. The highest BCUT2D eigenvalue weighted by Gasteiger charge is 2.22. The molecular formula is C9H15N3O2. The molecule has 1 fully saturated rings. The van der Waals surface area contributed by atoms with Gasteiger partial charge in [0, 0.05) is 12.8 Å². The monoisotopic (exact) mass is 197 g/mol. The normalized spacial score (nSPS) is 27.8. The van der Waals surface area contributed by atoms with E-state index >= 15 is 0 Å². The summed E-state index contributed by atoms with van der Waals surface area (Å²) >= 11 is 0. The Labute approximate surface area is 82.0 Å². The molecule has 0 saturated carbocycles. The number of piperidine rings is 1. The number of nitrogens with one attached hydrogen (secondary N) is 2. The Bertz CT molecular complexity index is 360. The molecule has 1 aromatic rings. The Kier molecular flexibility index (Phi) is 2.33. The van der Waals surface area contributed by atoms with Gasteiger partial charge in [0.1, 0.15) is 0 Å². The summed E-state index contributed by atoms with van der Waals surface area (Å²) in [4.78, 5) is 15.1. The predicted octanol–water partition coefficient (Wildman–Crippen LogP) is -1.11. The van der Waals surface area contributed by atoms with Gasteiger partial charge in [-0.25, -0.2) is 4.79 Å². The van der Waals surface area contributed by atoms with Crippen molar-refractivity contribution in [3.05, 3.63) is 23.7 Å². The zero-order valence-electron chi connectivity index (χ0n) is 7.99. The van der Waals surface area contributed by atoms with Gasteiger partial charge in [-0.1, -0.05) is 0 Å². The van der Waals surface area contributed by atoms with Crippen molar-refractivity contribution < 1.29 is 10.0 Å². The molecule has 5 nitrogen and oxygen atoms in total. The molecule has 1 aromatic heterocycles. The van der Waals surface area contributed by atoms with Gasteiger partial charge in [-0.05, 0) is 0 Å². The maximum atomic E-state index is 11.3. The highest BCUT2D eigenvalue weighted by molar-refractivity contribution is 5.05. The van der Waals surface area contributed by atoms with Gasteiger partial charge in [0.2, 0.25) is 5.88 Å². The lowest BCUT2D eigenvalue weighted by molar-refractivity contribution is -0.860. The molecule has 0 bridgehead atoms. The molecule has 1 aliphatic heterocycles. The second-order valence-electron chi connectivity index (χ2n) is 3.80. The quantitative estimate of drug-likeness (QED) is 0.500. The topological polar surface area (TPSA) is 62.5 Å². The van der Waals surface area contributed by atoms with Crippen LogP contribution in [0.1, 0.15) is 18.9 Å². The maximum Gasteiger partial charge on any atom is 0.328 e. The number of H-pyrrole nitrogens is 1. The molecule has 0 aliphatic carbocycles. The molecule has 0 spiro atoms. The summed E-state index contributed by atoms with van der Waals surface area (Å²) in [7, 11) is 3.92. The van der Waals surface area contributed by atoms with E-state index < -0.39 is 0 Å². The van der Waals surface area contributed by atoms with Crippen LogP contribution in [0.4, 0.5) is 0 Å². The number of hydrogen-bond donors (Lipinski definition) is 3. The van der Waals surface area contributed by atoms with Gasteiger partial charge in [0.25, 0.3) is 0 Å². The number of rotatable bonds is 1. The molecule has 0 amide bonds. The second kappa shape index (κ2) is 3.49. The Morgan fingerprint density at radius 2 is 2.21 bits per heavy atom. The van der Waals surface area contributed by atoms with E-state index in [0.717, 1.165) is 25.9 Å². The lowest BCUT2D eigenvalue weighted by atomic mass is 10.1. The molecule has 1 saturated heterocycles. The van der Waals surface area contributed by atoms with E-state index in [0.29, 0.717) is 0 Å². The van der Waals surface area contributed by atoms with Crippen molar-refractivity contribution in [1.82, 2.24) is 9.55 Å². The zero-order valence-corrected chi connectivity index (χ0v) is 7.99. The van der Waals surface area contributed by atoms with E-state index in [4.69, 9.17) is 0 Å². The van der Waals surface area contributed by atoms with Crippen LogP contribution in [0, 0.1) is 7.05 Å². The van der Waals surface area contributed by atoms with Crippen LogP contribution in [0.15, 0.2) is 11.0 Å². The first-order valence-corrected chi connectivity index (χ1v) is 4.84. The van der Waals surface area contributed by atoms with Crippen molar-refractivity contribution in [1.29, 1.82) is 0 Å². The van der Waals surface area contributed by atoms with Crippen molar-refractivity contribution >= 4 is 0 Å². The summed E-state index contributed by atoms with van der Waals surface area (Å²) in [6.07, 6.45) is 3.13. The molecule has 14 heavy (non-hydrogen) atoms. The Morgan fingerprint density at radius 1 is 1.57 bits per heavy atom. The minimum absolute atomic E-state index is 0.0347. The molecule has 1 aliphatic rings. The molecule has 3 N–H and O–H groups in total. The minimum Gasteiger partial charge on any atom is -0.493 e. The minimum atomic E-state index is -0.222. The van der Waals surface area contributed by atoms with Gasteiger partial charge in [-0.15, -0.1) is 0 Å². The lowest BCUT2D eigenvalue weighted by Crippen LogP contribution is -3.08. The van der Waals surface area contributed by atoms with Crippen LogP contribution in [0.25, 0.3) is 0 Å². The summed E-state index contributed by atoms with van der Waals surface area (Å²) < 4.78 is 1.44. The Balaban J connectivity index is 2.20. The molecule has 5 heteroatoms. The van der Waals surface area contributed by atoms with Crippen LogP contribution in [0.5, 0.6) is 5.88 Å². The fourth-order valence-corrected chi connectivity index (χ4v) is 1.99. The van der Waals surface area contributed by atoms with Gasteiger partial charge < -0.3 is 15.0 Å². The van der Waals surface area contributed by atoms with Crippen LogP contribution < -0.4 is 10.6 Å². The van der Waals surface area contributed by atoms with Crippen LogP contribution in [-0.2, 0) is 0 Å². The number of quaternary nitrogens is 1. The van der Waals surface area contributed by atoms with Crippen molar-refractivity contribution in [2.45, 2.75) is 18.9 Å². The summed E-state index contributed by atoms with van der Waals surface area (Å²) in [5.41, 5.74) is -0.222. The number of imidazole rings is 1. The van der Waals surface area contributed by atoms with Crippen LogP contribution >= 0.6 is 0 Å². The second-order valence-corrected chi connectivity index (χ2v) is 3.80. The standard InChI is InChI=1S/C9H15N3O2/c1-11-4-2-7(3-5-11)12-8(13)6-10-9(12)14/h6-7,11,13H,1-5H2,(H,10,14). The predicted molar refractivity (Wildman–Crippen MR) is 51.0 cm³/mol. The highest BCUT2D eigenvalue weighted by atomic mass is 16.3. The Morgan fingerprint density at radius 3 is 2.71 bits per heavy atom. The fourth-order valence-electron chi connectivity index (χ4n) is 1.99. The summed E-state index contributed by atoms with van der Waals surface area (Å²) in [5, 5.41) is 9.46. The maximum absolute atomic E-state index is 11.3. The summed E-state index contributed by atoms with van der Waals surface area (Å²) in [6, 6.07) is 0.124. The molecular weight excluding hydrogens is 182 g/mol. The van der Waals surface area contributed by atoms with E-state index in [1.54, 1.807) is 0 Å². The van der Waals surface area contributed by atoms with Gasteiger partial charge in [0.15, 0.2) is 0 Å².